The Morgan fingerprint density at radius 1 is 1.32 bits per heavy atom. The molecular formula is C20H20ClN3O6S. The van der Waals surface area contributed by atoms with Crippen LogP contribution in [0, 0.1) is 13.8 Å². The first kappa shape index (κ1) is 21.4. The maximum Gasteiger partial charge on any atom is 0.336 e. The zero-order valence-electron chi connectivity index (χ0n) is 16.8. The van der Waals surface area contributed by atoms with Gasteiger partial charge in [-0.25, -0.2) is 17.9 Å². The Morgan fingerprint density at radius 2 is 2.10 bits per heavy atom. The third-order valence-electron chi connectivity index (χ3n) is 5.04. The van der Waals surface area contributed by atoms with Crippen LogP contribution in [0.1, 0.15) is 23.7 Å². The van der Waals surface area contributed by atoms with E-state index in [0.717, 1.165) is 5.56 Å². The number of sulfone groups is 1. The zero-order valence-corrected chi connectivity index (χ0v) is 18.4. The molecule has 2 aromatic heterocycles. The Hall–Kier alpha value is -2.85. The average Bonchev–Trinajstić information content (AvgIpc) is 3.22. The number of ether oxygens (including phenoxy) is 1. The molecule has 1 fully saturated rings. The van der Waals surface area contributed by atoms with Crippen molar-refractivity contribution in [3.63, 3.8) is 0 Å². The first-order chi connectivity index (χ1) is 14.6. The molecule has 11 heteroatoms. The van der Waals surface area contributed by atoms with Crippen molar-refractivity contribution in [1.82, 2.24) is 9.78 Å². The van der Waals surface area contributed by atoms with E-state index in [1.54, 1.807) is 26.0 Å². The van der Waals surface area contributed by atoms with E-state index in [2.05, 4.69) is 10.4 Å². The minimum atomic E-state index is -3.10. The van der Waals surface area contributed by atoms with Gasteiger partial charge in [0.25, 0.3) is 5.91 Å². The molecule has 4 rings (SSSR count). The minimum Gasteiger partial charge on any atom is -0.482 e. The molecule has 1 N–H and O–H groups in total. The molecule has 1 saturated heterocycles. The third-order valence-corrected chi connectivity index (χ3v) is 7.09. The van der Waals surface area contributed by atoms with Crippen LogP contribution in [-0.2, 0) is 14.6 Å². The Morgan fingerprint density at radius 3 is 2.81 bits per heavy atom. The molecule has 0 saturated carbocycles. The highest BCUT2D eigenvalue weighted by atomic mass is 35.5. The molecule has 9 nitrogen and oxygen atoms in total. The number of aromatic nitrogens is 2. The van der Waals surface area contributed by atoms with Gasteiger partial charge in [0, 0.05) is 23.6 Å². The van der Waals surface area contributed by atoms with Crippen LogP contribution in [0.5, 0.6) is 5.75 Å². The molecule has 0 spiro atoms. The van der Waals surface area contributed by atoms with Crippen molar-refractivity contribution in [2.24, 2.45) is 0 Å². The number of nitrogens with one attached hydrogen (secondary N) is 1. The Bertz CT molecular complexity index is 1340. The SMILES string of the molecule is Cc1cc(NC(=O)COc2cc3oc(=O)cc(C)c3cc2Cl)n(C2CCS(=O)(=O)C2)n1. The van der Waals surface area contributed by atoms with E-state index in [9.17, 15) is 18.0 Å². The summed E-state index contributed by atoms with van der Waals surface area (Å²) in [5.41, 5.74) is 1.19. The smallest absolute Gasteiger partial charge is 0.336 e. The number of carbonyl (C=O) groups excluding carboxylic acids is 1. The van der Waals surface area contributed by atoms with E-state index in [4.69, 9.17) is 20.8 Å². The zero-order chi connectivity index (χ0) is 22.3. The average molecular weight is 466 g/mol. The molecule has 0 bridgehead atoms. The van der Waals surface area contributed by atoms with Crippen LogP contribution in [0.2, 0.25) is 5.02 Å². The number of aryl methyl sites for hydroxylation is 2. The number of anilines is 1. The fourth-order valence-corrected chi connectivity index (χ4v) is 5.52. The predicted molar refractivity (Wildman–Crippen MR) is 116 cm³/mol. The summed E-state index contributed by atoms with van der Waals surface area (Å²) in [6.07, 6.45) is 0.445. The van der Waals surface area contributed by atoms with Crippen LogP contribution in [0.25, 0.3) is 11.0 Å². The van der Waals surface area contributed by atoms with Crippen molar-refractivity contribution in [1.29, 1.82) is 0 Å². The summed E-state index contributed by atoms with van der Waals surface area (Å²) in [4.78, 5) is 24.1. The lowest BCUT2D eigenvalue weighted by Crippen LogP contribution is -2.24. The van der Waals surface area contributed by atoms with Crippen molar-refractivity contribution in [3.8, 4) is 5.75 Å². The molecule has 1 amide bonds. The van der Waals surface area contributed by atoms with E-state index in [-0.39, 0.29) is 34.9 Å². The molecule has 1 unspecified atom stereocenters. The topological polar surface area (TPSA) is 120 Å². The molecule has 0 aliphatic carbocycles. The van der Waals surface area contributed by atoms with Crippen LogP contribution >= 0.6 is 11.6 Å². The van der Waals surface area contributed by atoms with Crippen molar-refractivity contribution < 1.29 is 22.4 Å². The minimum absolute atomic E-state index is 0.00912. The Labute approximate surface area is 182 Å². The number of benzene rings is 1. The van der Waals surface area contributed by atoms with Gasteiger partial charge in [0.15, 0.2) is 16.4 Å². The van der Waals surface area contributed by atoms with Gasteiger partial charge in [0.1, 0.15) is 17.2 Å². The number of hydrogen-bond donors (Lipinski definition) is 1. The second kappa shape index (κ2) is 8.01. The summed E-state index contributed by atoms with van der Waals surface area (Å²) in [7, 11) is -3.10. The van der Waals surface area contributed by atoms with Crippen LogP contribution in [-0.4, -0.2) is 42.2 Å². The van der Waals surface area contributed by atoms with E-state index in [0.29, 0.717) is 28.9 Å². The third kappa shape index (κ3) is 4.59. The van der Waals surface area contributed by atoms with Crippen LogP contribution in [0.4, 0.5) is 5.82 Å². The lowest BCUT2D eigenvalue weighted by molar-refractivity contribution is -0.118. The fourth-order valence-electron chi connectivity index (χ4n) is 3.61. The Balaban J connectivity index is 1.48. The predicted octanol–water partition coefficient (Wildman–Crippen LogP) is 2.64. The summed E-state index contributed by atoms with van der Waals surface area (Å²) < 4.78 is 35.8. The van der Waals surface area contributed by atoms with Crippen molar-refractivity contribution in [2.75, 3.05) is 23.4 Å². The lowest BCUT2D eigenvalue weighted by atomic mass is 10.1. The first-order valence-electron chi connectivity index (χ1n) is 9.54. The van der Waals surface area contributed by atoms with Crippen LogP contribution in [0.3, 0.4) is 0 Å². The number of amides is 1. The van der Waals surface area contributed by atoms with Gasteiger partial charge < -0.3 is 14.5 Å². The number of fused-ring (bicyclic) bond motifs is 1. The summed E-state index contributed by atoms with van der Waals surface area (Å²) in [5, 5.41) is 7.98. The quantitative estimate of drug-likeness (QED) is 0.575. The fraction of sp³-hybridized carbons (Fsp3) is 0.350. The van der Waals surface area contributed by atoms with Crippen molar-refractivity contribution in [3.05, 3.63) is 51.0 Å². The van der Waals surface area contributed by atoms with Crippen LogP contribution < -0.4 is 15.7 Å². The van der Waals surface area contributed by atoms with Gasteiger partial charge in [0.05, 0.1) is 28.3 Å². The second-order valence-electron chi connectivity index (χ2n) is 7.54. The number of halogens is 1. The lowest BCUT2D eigenvalue weighted by Gasteiger charge is -2.14. The molecule has 0 radical (unpaired) electrons. The van der Waals surface area contributed by atoms with Gasteiger partial charge >= 0.3 is 5.63 Å². The van der Waals surface area contributed by atoms with Gasteiger partial charge in [-0.3, -0.25) is 4.79 Å². The highest BCUT2D eigenvalue weighted by Gasteiger charge is 2.31. The summed E-state index contributed by atoms with van der Waals surface area (Å²) in [6.45, 7) is 3.18. The van der Waals surface area contributed by atoms with Gasteiger partial charge in [-0.2, -0.15) is 5.10 Å². The van der Waals surface area contributed by atoms with E-state index in [1.807, 2.05) is 0 Å². The molecule has 1 aliphatic rings. The molecule has 1 atom stereocenters. The first-order valence-corrected chi connectivity index (χ1v) is 11.7. The molecule has 3 aromatic rings. The molecule has 3 heterocycles. The van der Waals surface area contributed by atoms with E-state index >= 15 is 0 Å². The summed E-state index contributed by atoms with van der Waals surface area (Å²) in [5.74, 6) is 0.224. The van der Waals surface area contributed by atoms with Crippen LogP contribution in [0.15, 0.2) is 33.5 Å². The highest BCUT2D eigenvalue weighted by molar-refractivity contribution is 7.91. The molecule has 1 aromatic carbocycles. The molecule has 1 aliphatic heterocycles. The Kier molecular flexibility index (Phi) is 5.52. The van der Waals surface area contributed by atoms with Crippen molar-refractivity contribution in [2.45, 2.75) is 26.3 Å². The molecule has 164 valence electrons. The second-order valence-corrected chi connectivity index (χ2v) is 10.2. The largest absolute Gasteiger partial charge is 0.482 e. The summed E-state index contributed by atoms with van der Waals surface area (Å²) in [6, 6.07) is 5.80. The maximum absolute atomic E-state index is 12.5. The normalized spacial score (nSPS) is 17.7. The number of carbonyl (C=O) groups is 1. The molecule has 31 heavy (non-hydrogen) atoms. The number of rotatable bonds is 5. The number of hydrogen-bond acceptors (Lipinski definition) is 7. The van der Waals surface area contributed by atoms with Gasteiger partial charge in [-0.15, -0.1) is 0 Å². The number of nitrogens with zero attached hydrogens (tertiary/aromatic N) is 2. The maximum atomic E-state index is 12.5. The standard InChI is InChI=1S/C20H20ClN3O6S/c1-11-5-20(26)30-16-8-17(15(21)7-14(11)16)29-9-19(25)22-18-6-12(2)23-24(18)13-3-4-31(27,28)10-13/h5-8,13H,3-4,9-10H2,1-2H3,(H,22,25). The van der Waals surface area contributed by atoms with Crippen molar-refractivity contribution >= 4 is 44.1 Å². The summed E-state index contributed by atoms with van der Waals surface area (Å²) >= 11 is 6.25. The molecular weight excluding hydrogens is 446 g/mol. The van der Waals surface area contributed by atoms with E-state index in [1.165, 1.54) is 16.8 Å². The van der Waals surface area contributed by atoms with Gasteiger partial charge in [-0.1, -0.05) is 11.6 Å². The monoisotopic (exact) mass is 465 g/mol. The van der Waals surface area contributed by atoms with Gasteiger partial charge in [0.2, 0.25) is 0 Å². The van der Waals surface area contributed by atoms with Gasteiger partial charge in [-0.05, 0) is 31.9 Å². The van der Waals surface area contributed by atoms with E-state index < -0.39 is 21.4 Å². The highest BCUT2D eigenvalue weighted by Crippen LogP contribution is 2.31.